The van der Waals surface area contributed by atoms with Gasteiger partial charge in [0.05, 0.1) is 0 Å². The maximum Gasteiger partial charge on any atom is 0.0264 e. The van der Waals surface area contributed by atoms with Gasteiger partial charge in [0.15, 0.2) is 0 Å². The van der Waals surface area contributed by atoms with Gasteiger partial charge in [-0.2, -0.15) is 0 Å². The molecule has 120 valence electrons. The van der Waals surface area contributed by atoms with Gasteiger partial charge in [0.1, 0.15) is 0 Å². The van der Waals surface area contributed by atoms with E-state index in [2.05, 4.69) is 88.7 Å². The molecule has 24 heavy (non-hydrogen) atoms. The van der Waals surface area contributed by atoms with E-state index in [1.165, 1.54) is 27.8 Å². The predicted molar refractivity (Wildman–Crippen MR) is 108 cm³/mol. The number of hydrogen-bond acceptors (Lipinski definition) is 0. The molecule has 3 rings (SSSR count). The van der Waals surface area contributed by atoms with Gasteiger partial charge in [-0.1, -0.05) is 88.7 Å². The maximum absolute atomic E-state index is 6.15. The van der Waals surface area contributed by atoms with Crippen molar-refractivity contribution < 1.29 is 0 Å². The Morgan fingerprint density at radius 1 is 0.667 bits per heavy atom. The molecule has 3 aromatic rings. The average Bonchev–Trinajstić information content (AvgIpc) is 2.64. The lowest BCUT2D eigenvalue weighted by Crippen LogP contribution is -1.96. The molecule has 0 saturated carbocycles. The predicted octanol–water partition coefficient (Wildman–Crippen LogP) is 7.04. The highest BCUT2D eigenvalue weighted by molar-refractivity contribution is 9.10. The van der Waals surface area contributed by atoms with Crippen molar-refractivity contribution in [3.63, 3.8) is 0 Å². The topological polar surface area (TPSA) is 0 Å². The normalized spacial score (nSPS) is 11.9. The molecule has 3 aromatic carbocycles. The fourth-order valence-corrected chi connectivity index (χ4v) is 3.34. The van der Waals surface area contributed by atoms with Crippen LogP contribution in [0.5, 0.6) is 0 Å². The van der Waals surface area contributed by atoms with Gasteiger partial charge in [-0.3, -0.25) is 0 Å². The summed E-state index contributed by atoms with van der Waals surface area (Å²) >= 11 is 9.68. The van der Waals surface area contributed by atoms with E-state index in [0.29, 0.717) is 5.88 Å². The number of allylic oxidation sites excluding steroid dienone is 1. The maximum atomic E-state index is 6.15. The van der Waals surface area contributed by atoms with Crippen molar-refractivity contribution in [2.24, 2.45) is 0 Å². The molecular weight excluding hydrogens is 380 g/mol. The molecule has 0 nitrogen and oxygen atoms in total. The summed E-state index contributed by atoms with van der Waals surface area (Å²) in [6.07, 6.45) is 0.825. The van der Waals surface area contributed by atoms with Gasteiger partial charge in [0.25, 0.3) is 0 Å². The zero-order valence-electron chi connectivity index (χ0n) is 13.3. The van der Waals surface area contributed by atoms with Crippen molar-refractivity contribution in [2.75, 3.05) is 5.88 Å². The van der Waals surface area contributed by atoms with Crippen LogP contribution in [0, 0.1) is 0 Å². The molecule has 0 bridgehead atoms. The lowest BCUT2D eigenvalue weighted by Gasteiger charge is -2.17. The highest BCUT2D eigenvalue weighted by Crippen LogP contribution is 2.35. The van der Waals surface area contributed by atoms with Crippen LogP contribution in [-0.2, 0) is 0 Å². The summed E-state index contributed by atoms with van der Waals surface area (Å²) in [4.78, 5) is 0. The van der Waals surface area contributed by atoms with Crippen molar-refractivity contribution in [2.45, 2.75) is 6.42 Å². The summed E-state index contributed by atoms with van der Waals surface area (Å²) in [5, 5.41) is 0. The minimum Gasteiger partial charge on any atom is -0.126 e. The molecule has 0 aliphatic rings. The molecule has 0 atom stereocenters. The first kappa shape index (κ1) is 17.0. The molecule has 2 heteroatoms. The summed E-state index contributed by atoms with van der Waals surface area (Å²) < 4.78 is 1.08. The SMILES string of the molecule is ClCC/C(=C(\c1ccccc1)c1ccc(Br)cc1)c1ccccc1. The van der Waals surface area contributed by atoms with Crippen molar-refractivity contribution >= 4 is 38.7 Å². The minimum absolute atomic E-state index is 0.594. The van der Waals surface area contributed by atoms with Gasteiger partial charge in [0, 0.05) is 10.4 Å². The Balaban J connectivity index is 2.26. The Morgan fingerprint density at radius 2 is 1.17 bits per heavy atom. The van der Waals surface area contributed by atoms with Crippen LogP contribution in [0.1, 0.15) is 23.1 Å². The van der Waals surface area contributed by atoms with Crippen molar-refractivity contribution in [3.05, 3.63) is 106 Å². The fourth-order valence-electron chi connectivity index (χ4n) is 2.88. The van der Waals surface area contributed by atoms with Crippen LogP contribution in [0.4, 0.5) is 0 Å². The lowest BCUT2D eigenvalue weighted by atomic mass is 9.88. The Morgan fingerprint density at radius 3 is 1.71 bits per heavy atom. The Labute approximate surface area is 156 Å². The van der Waals surface area contributed by atoms with Gasteiger partial charge < -0.3 is 0 Å². The number of alkyl halides is 1. The molecule has 0 aliphatic carbocycles. The standard InChI is InChI=1S/C22H18BrCl/c23-20-13-11-19(12-14-20)22(18-9-5-2-6-10-18)21(15-16-24)17-7-3-1-4-8-17/h1-14H,15-16H2/b22-21-. The molecule has 0 spiro atoms. The van der Waals surface area contributed by atoms with Gasteiger partial charge in [-0.15, -0.1) is 11.6 Å². The third-order valence-corrected chi connectivity index (χ3v) is 4.68. The van der Waals surface area contributed by atoms with Gasteiger partial charge in [0.2, 0.25) is 0 Å². The zero-order chi connectivity index (χ0) is 16.8. The molecule has 0 fully saturated rings. The van der Waals surface area contributed by atoms with Crippen LogP contribution in [0.2, 0.25) is 0 Å². The van der Waals surface area contributed by atoms with E-state index in [9.17, 15) is 0 Å². The smallest absolute Gasteiger partial charge is 0.0264 e. The quantitative estimate of drug-likeness (QED) is 0.320. The summed E-state index contributed by atoms with van der Waals surface area (Å²) in [5.41, 5.74) is 6.16. The molecule has 0 radical (unpaired) electrons. The second-order valence-corrected chi connectivity index (χ2v) is 6.83. The molecule has 0 unspecified atom stereocenters. The first-order valence-electron chi connectivity index (χ1n) is 7.95. The van der Waals surface area contributed by atoms with Crippen molar-refractivity contribution in [1.82, 2.24) is 0 Å². The number of hydrogen-bond donors (Lipinski definition) is 0. The van der Waals surface area contributed by atoms with Crippen LogP contribution in [0.3, 0.4) is 0 Å². The fraction of sp³-hybridized carbons (Fsp3) is 0.0909. The Bertz CT molecular complexity index is 806. The van der Waals surface area contributed by atoms with E-state index in [-0.39, 0.29) is 0 Å². The highest BCUT2D eigenvalue weighted by Gasteiger charge is 2.13. The molecule has 0 N–H and O–H groups in total. The average molecular weight is 398 g/mol. The second kappa shape index (κ2) is 8.32. The number of rotatable bonds is 5. The van der Waals surface area contributed by atoms with E-state index in [1.54, 1.807) is 0 Å². The zero-order valence-corrected chi connectivity index (χ0v) is 15.6. The molecular formula is C22H18BrCl. The summed E-state index contributed by atoms with van der Waals surface area (Å²) in [6, 6.07) is 29.5. The van der Waals surface area contributed by atoms with Crippen molar-refractivity contribution in [3.8, 4) is 0 Å². The van der Waals surface area contributed by atoms with Crippen LogP contribution in [0.25, 0.3) is 11.1 Å². The van der Waals surface area contributed by atoms with E-state index < -0.39 is 0 Å². The Hall–Kier alpha value is -1.83. The van der Waals surface area contributed by atoms with E-state index in [1.807, 2.05) is 12.1 Å². The summed E-state index contributed by atoms with van der Waals surface area (Å²) in [6.45, 7) is 0. The van der Waals surface area contributed by atoms with Gasteiger partial charge in [-0.05, 0) is 46.4 Å². The third kappa shape index (κ3) is 3.98. The lowest BCUT2D eigenvalue weighted by molar-refractivity contribution is 1.25. The van der Waals surface area contributed by atoms with Crippen LogP contribution in [-0.4, -0.2) is 5.88 Å². The molecule has 0 aliphatic heterocycles. The van der Waals surface area contributed by atoms with Crippen LogP contribution >= 0.6 is 27.5 Å². The van der Waals surface area contributed by atoms with Gasteiger partial charge >= 0.3 is 0 Å². The summed E-state index contributed by atoms with van der Waals surface area (Å²) in [5.74, 6) is 0.594. The van der Waals surface area contributed by atoms with Crippen LogP contribution in [0.15, 0.2) is 89.4 Å². The van der Waals surface area contributed by atoms with E-state index in [0.717, 1.165) is 10.9 Å². The molecule has 0 saturated heterocycles. The first-order valence-corrected chi connectivity index (χ1v) is 9.28. The third-order valence-electron chi connectivity index (χ3n) is 3.96. The highest BCUT2D eigenvalue weighted by atomic mass is 79.9. The van der Waals surface area contributed by atoms with Crippen LogP contribution < -0.4 is 0 Å². The molecule has 0 aromatic heterocycles. The Kier molecular flexibility index (Phi) is 5.90. The largest absolute Gasteiger partial charge is 0.126 e. The van der Waals surface area contributed by atoms with Gasteiger partial charge in [-0.25, -0.2) is 0 Å². The number of halogens is 2. The van der Waals surface area contributed by atoms with E-state index in [4.69, 9.17) is 11.6 Å². The summed E-state index contributed by atoms with van der Waals surface area (Å²) in [7, 11) is 0. The van der Waals surface area contributed by atoms with Crippen molar-refractivity contribution in [1.29, 1.82) is 0 Å². The monoisotopic (exact) mass is 396 g/mol. The first-order chi connectivity index (χ1) is 11.8. The second-order valence-electron chi connectivity index (χ2n) is 5.53. The number of benzene rings is 3. The molecule has 0 amide bonds. The minimum atomic E-state index is 0.594. The molecule has 0 heterocycles. The van der Waals surface area contributed by atoms with E-state index >= 15 is 0 Å².